The molecule has 0 aliphatic rings. The lowest BCUT2D eigenvalue weighted by molar-refractivity contribution is -0.132. The molecule has 2 aromatic carbocycles. The maximum atomic E-state index is 12.2. The summed E-state index contributed by atoms with van der Waals surface area (Å²) in [5.41, 5.74) is 5.58. The van der Waals surface area contributed by atoms with Crippen molar-refractivity contribution in [2.75, 3.05) is 14.2 Å². The zero-order valence-electron chi connectivity index (χ0n) is 18.7. The van der Waals surface area contributed by atoms with Crippen LogP contribution in [0.15, 0.2) is 63.4 Å². The zero-order chi connectivity index (χ0) is 23.1. The standard InChI is InChI=1S/C24H25N3O5/c1-15-8-6-11-20(23(27-30-5)24(28)29-4)21(15)14-31-25-17(3)18-9-7-10-19(13-18)22-12-16(2)32-26-22/h6-13H,14H2,1-5H3/b25-17+,27-23+. The van der Waals surface area contributed by atoms with E-state index in [1.165, 1.54) is 14.2 Å². The number of rotatable bonds is 8. The Labute approximate surface area is 186 Å². The fraction of sp³-hybridized carbons (Fsp3) is 0.250. The Kier molecular flexibility index (Phi) is 7.38. The predicted octanol–water partition coefficient (Wildman–Crippen LogP) is 4.42. The number of esters is 1. The topological polar surface area (TPSA) is 95.5 Å². The van der Waals surface area contributed by atoms with Crippen LogP contribution in [0.4, 0.5) is 0 Å². The van der Waals surface area contributed by atoms with E-state index in [0.717, 1.165) is 33.7 Å². The lowest BCUT2D eigenvalue weighted by Crippen LogP contribution is -2.20. The molecule has 0 bridgehead atoms. The highest BCUT2D eigenvalue weighted by atomic mass is 16.6. The highest BCUT2D eigenvalue weighted by Gasteiger charge is 2.20. The summed E-state index contributed by atoms with van der Waals surface area (Å²) < 4.78 is 9.99. The van der Waals surface area contributed by atoms with Gasteiger partial charge in [0, 0.05) is 22.8 Å². The lowest BCUT2D eigenvalue weighted by Gasteiger charge is -2.12. The number of nitrogens with zero attached hydrogens (tertiary/aromatic N) is 3. The maximum Gasteiger partial charge on any atom is 0.360 e. The van der Waals surface area contributed by atoms with Crippen molar-refractivity contribution >= 4 is 17.4 Å². The van der Waals surface area contributed by atoms with Gasteiger partial charge < -0.3 is 18.9 Å². The third-order valence-electron chi connectivity index (χ3n) is 4.84. The van der Waals surface area contributed by atoms with E-state index in [4.69, 9.17) is 18.9 Å². The van der Waals surface area contributed by atoms with Crippen LogP contribution < -0.4 is 0 Å². The molecule has 8 heteroatoms. The fourth-order valence-electron chi connectivity index (χ4n) is 3.15. The van der Waals surface area contributed by atoms with Gasteiger partial charge in [-0.15, -0.1) is 0 Å². The highest BCUT2D eigenvalue weighted by Crippen LogP contribution is 2.21. The summed E-state index contributed by atoms with van der Waals surface area (Å²) in [5, 5.41) is 12.2. The normalized spacial score (nSPS) is 11.9. The van der Waals surface area contributed by atoms with Crippen LogP contribution in [0.2, 0.25) is 0 Å². The van der Waals surface area contributed by atoms with Crippen molar-refractivity contribution in [2.24, 2.45) is 10.3 Å². The van der Waals surface area contributed by atoms with E-state index in [0.29, 0.717) is 11.3 Å². The number of carbonyl (C=O) groups is 1. The molecule has 0 spiro atoms. The number of hydrogen-bond acceptors (Lipinski definition) is 8. The van der Waals surface area contributed by atoms with E-state index in [1.54, 1.807) is 6.07 Å². The van der Waals surface area contributed by atoms with Crippen LogP contribution in [-0.2, 0) is 25.8 Å². The minimum absolute atomic E-state index is 0.0635. The highest BCUT2D eigenvalue weighted by molar-refractivity contribution is 6.43. The zero-order valence-corrected chi connectivity index (χ0v) is 18.7. The molecule has 0 saturated carbocycles. The van der Waals surface area contributed by atoms with Crippen LogP contribution in [0, 0.1) is 13.8 Å². The van der Waals surface area contributed by atoms with Crippen LogP contribution in [0.3, 0.4) is 0 Å². The third-order valence-corrected chi connectivity index (χ3v) is 4.84. The smallest absolute Gasteiger partial charge is 0.360 e. The summed E-state index contributed by atoms with van der Waals surface area (Å²) in [6.45, 7) is 5.77. The van der Waals surface area contributed by atoms with Gasteiger partial charge in [0.1, 0.15) is 25.2 Å². The van der Waals surface area contributed by atoms with E-state index in [2.05, 4.69) is 15.5 Å². The Balaban J connectivity index is 1.82. The van der Waals surface area contributed by atoms with Gasteiger partial charge in [0.25, 0.3) is 0 Å². The number of aromatic nitrogens is 1. The van der Waals surface area contributed by atoms with Gasteiger partial charge in [-0.25, -0.2) is 4.79 Å². The van der Waals surface area contributed by atoms with E-state index in [1.807, 2.05) is 63.2 Å². The van der Waals surface area contributed by atoms with Gasteiger partial charge in [0.15, 0.2) is 5.71 Å². The monoisotopic (exact) mass is 435 g/mol. The van der Waals surface area contributed by atoms with Crippen LogP contribution in [0.1, 0.15) is 34.9 Å². The molecule has 0 atom stereocenters. The summed E-state index contributed by atoms with van der Waals surface area (Å²) >= 11 is 0. The molecule has 1 aromatic heterocycles. The molecule has 1 heterocycles. The van der Waals surface area contributed by atoms with Gasteiger partial charge in [0.05, 0.1) is 12.8 Å². The average Bonchev–Trinajstić information content (AvgIpc) is 3.24. The minimum Gasteiger partial charge on any atom is -0.464 e. The Morgan fingerprint density at radius 2 is 1.84 bits per heavy atom. The number of benzene rings is 2. The van der Waals surface area contributed by atoms with Crippen LogP contribution >= 0.6 is 0 Å². The molecule has 0 unspecified atom stereocenters. The molecular formula is C24H25N3O5. The molecule has 0 aliphatic heterocycles. The van der Waals surface area contributed by atoms with E-state index in [-0.39, 0.29) is 12.3 Å². The number of methoxy groups -OCH3 is 1. The quantitative estimate of drug-likeness (QED) is 0.295. The van der Waals surface area contributed by atoms with Crippen LogP contribution in [0.5, 0.6) is 0 Å². The molecular weight excluding hydrogens is 410 g/mol. The maximum absolute atomic E-state index is 12.2. The Hall–Kier alpha value is -3.94. The fourth-order valence-corrected chi connectivity index (χ4v) is 3.15. The molecule has 0 N–H and O–H groups in total. The van der Waals surface area contributed by atoms with Gasteiger partial charge in [-0.3, -0.25) is 0 Å². The van der Waals surface area contributed by atoms with Gasteiger partial charge in [0.2, 0.25) is 0 Å². The van der Waals surface area contributed by atoms with Gasteiger partial charge in [-0.05, 0) is 38.0 Å². The SMILES string of the molecule is CO/N=C(/C(=O)OC)c1cccc(C)c1CO/N=C(\C)c1cccc(-c2cc(C)on2)c1. The van der Waals surface area contributed by atoms with Crippen LogP contribution in [-0.4, -0.2) is 36.8 Å². The average molecular weight is 435 g/mol. The van der Waals surface area contributed by atoms with Gasteiger partial charge in [-0.2, -0.15) is 0 Å². The first-order valence-corrected chi connectivity index (χ1v) is 9.93. The number of ether oxygens (including phenoxy) is 1. The number of aryl methyl sites for hydroxylation is 2. The molecule has 0 amide bonds. The first kappa shape index (κ1) is 22.7. The Morgan fingerprint density at radius 3 is 2.53 bits per heavy atom. The Bertz CT molecular complexity index is 1160. The number of oxime groups is 2. The largest absolute Gasteiger partial charge is 0.464 e. The molecule has 8 nitrogen and oxygen atoms in total. The number of carbonyl (C=O) groups excluding carboxylic acids is 1. The first-order valence-electron chi connectivity index (χ1n) is 9.93. The Morgan fingerprint density at radius 1 is 1.06 bits per heavy atom. The second-order valence-electron chi connectivity index (χ2n) is 7.07. The summed E-state index contributed by atoms with van der Waals surface area (Å²) in [5.74, 6) is 0.148. The first-order chi connectivity index (χ1) is 15.4. The summed E-state index contributed by atoms with van der Waals surface area (Å²) in [6.07, 6.45) is 0. The number of hydrogen-bond donors (Lipinski definition) is 0. The van der Waals surface area contributed by atoms with E-state index >= 15 is 0 Å². The van der Waals surface area contributed by atoms with E-state index < -0.39 is 5.97 Å². The van der Waals surface area contributed by atoms with E-state index in [9.17, 15) is 4.79 Å². The van der Waals surface area contributed by atoms with Gasteiger partial charge in [-0.1, -0.05) is 51.9 Å². The summed E-state index contributed by atoms with van der Waals surface area (Å²) in [4.78, 5) is 22.7. The molecule has 3 rings (SSSR count). The van der Waals surface area contributed by atoms with Crippen molar-refractivity contribution in [1.82, 2.24) is 5.16 Å². The summed E-state index contributed by atoms with van der Waals surface area (Å²) in [7, 11) is 2.67. The lowest BCUT2D eigenvalue weighted by atomic mass is 9.99. The van der Waals surface area contributed by atoms with Gasteiger partial charge >= 0.3 is 5.97 Å². The second-order valence-corrected chi connectivity index (χ2v) is 7.07. The van der Waals surface area contributed by atoms with Crippen molar-refractivity contribution in [3.05, 3.63) is 76.5 Å². The molecule has 0 aliphatic carbocycles. The van der Waals surface area contributed by atoms with Crippen molar-refractivity contribution in [1.29, 1.82) is 0 Å². The molecule has 32 heavy (non-hydrogen) atoms. The third kappa shape index (κ3) is 5.21. The van der Waals surface area contributed by atoms with Crippen molar-refractivity contribution in [3.63, 3.8) is 0 Å². The molecule has 0 radical (unpaired) electrons. The van der Waals surface area contributed by atoms with Crippen molar-refractivity contribution in [3.8, 4) is 11.3 Å². The molecule has 0 saturated heterocycles. The molecule has 3 aromatic rings. The minimum atomic E-state index is -0.599. The van der Waals surface area contributed by atoms with Crippen molar-refractivity contribution in [2.45, 2.75) is 27.4 Å². The molecule has 0 fully saturated rings. The predicted molar refractivity (Wildman–Crippen MR) is 120 cm³/mol. The second kappa shape index (κ2) is 10.4. The summed E-state index contributed by atoms with van der Waals surface area (Å²) in [6, 6.07) is 15.2. The van der Waals surface area contributed by atoms with Crippen LogP contribution in [0.25, 0.3) is 11.3 Å². The molecule has 166 valence electrons. The van der Waals surface area contributed by atoms with Crippen molar-refractivity contribution < 1.29 is 23.7 Å².